The number of rotatable bonds is 4. The van der Waals surface area contributed by atoms with Gasteiger partial charge in [-0.2, -0.15) is 0 Å². The van der Waals surface area contributed by atoms with Gasteiger partial charge in [0.25, 0.3) is 0 Å². The third kappa shape index (κ3) is 7.03. The van der Waals surface area contributed by atoms with Crippen molar-refractivity contribution in [3.63, 3.8) is 0 Å². The molecule has 0 saturated carbocycles. The molecule has 1 N–H and O–H groups in total. The third-order valence-electron chi connectivity index (χ3n) is 2.35. The van der Waals surface area contributed by atoms with E-state index in [1.54, 1.807) is 4.90 Å². The third-order valence-corrected chi connectivity index (χ3v) is 7.64. The van der Waals surface area contributed by atoms with Crippen LogP contribution in [0.5, 0.6) is 0 Å². The molecule has 0 aliphatic carbocycles. The number of hydrogen-bond acceptors (Lipinski definition) is 1. The zero-order valence-electron chi connectivity index (χ0n) is 10.9. The predicted molar refractivity (Wildman–Crippen MR) is 67.3 cm³/mol. The van der Waals surface area contributed by atoms with E-state index in [9.17, 15) is 4.79 Å². The van der Waals surface area contributed by atoms with Gasteiger partial charge in [0.2, 0.25) is 0 Å². The van der Waals surface area contributed by atoms with Crippen LogP contribution in [0.2, 0.25) is 19.3 Å². The van der Waals surface area contributed by atoms with Gasteiger partial charge in [0.05, 0.1) is 0 Å². The first-order chi connectivity index (χ1) is 6.54. The van der Waals surface area contributed by atoms with E-state index >= 15 is 0 Å². The summed E-state index contributed by atoms with van der Waals surface area (Å²) in [6.45, 7) is 6.51. The van der Waals surface area contributed by atoms with Crippen LogP contribution in [0.25, 0.3) is 0 Å². The zero-order chi connectivity index (χ0) is 12.3. The van der Waals surface area contributed by atoms with Crippen LogP contribution in [0.3, 0.4) is 0 Å². The second kappa shape index (κ2) is 5.41. The van der Waals surface area contributed by atoms with E-state index in [0.717, 1.165) is 6.42 Å². The average molecular weight is 322 g/mol. The van der Waals surface area contributed by atoms with E-state index in [1.807, 2.05) is 20.8 Å². The van der Waals surface area contributed by atoms with Gasteiger partial charge >= 0.3 is 97.8 Å². The SMILES string of the molecule is CC(C)(C)N(CC[CH2][Sn]([CH3])([CH3])[CH3])C(=O)O. The Morgan fingerprint density at radius 3 is 2.00 bits per heavy atom. The van der Waals surface area contributed by atoms with Crippen molar-refractivity contribution in [3.05, 3.63) is 0 Å². The molecule has 0 atom stereocenters. The van der Waals surface area contributed by atoms with Crippen LogP contribution in [0, 0.1) is 0 Å². The van der Waals surface area contributed by atoms with Crippen LogP contribution in [-0.4, -0.2) is 46.6 Å². The van der Waals surface area contributed by atoms with Crippen molar-refractivity contribution in [1.29, 1.82) is 0 Å². The molecule has 0 aliphatic heterocycles. The normalized spacial score (nSPS) is 12.7. The van der Waals surface area contributed by atoms with E-state index in [-0.39, 0.29) is 5.54 Å². The molecule has 0 saturated heterocycles. The molecule has 15 heavy (non-hydrogen) atoms. The fraction of sp³-hybridized carbons (Fsp3) is 0.909. The predicted octanol–water partition coefficient (Wildman–Crippen LogP) is 3.49. The molecule has 0 heterocycles. The maximum atomic E-state index is 11.0. The van der Waals surface area contributed by atoms with Crippen LogP contribution >= 0.6 is 0 Å². The van der Waals surface area contributed by atoms with Gasteiger partial charge in [-0.05, 0) is 0 Å². The molecule has 0 aliphatic rings. The first-order valence-electron chi connectivity index (χ1n) is 5.54. The van der Waals surface area contributed by atoms with Crippen molar-refractivity contribution in [2.45, 2.75) is 52.0 Å². The van der Waals surface area contributed by atoms with Gasteiger partial charge in [-0.25, -0.2) is 0 Å². The maximum absolute atomic E-state index is 11.0. The molecule has 4 heteroatoms. The summed E-state index contributed by atoms with van der Waals surface area (Å²) in [6.07, 6.45) is 0.218. The van der Waals surface area contributed by atoms with Gasteiger partial charge in [-0.15, -0.1) is 0 Å². The van der Waals surface area contributed by atoms with Gasteiger partial charge < -0.3 is 0 Å². The molecule has 0 aromatic carbocycles. The number of amides is 1. The Kier molecular flexibility index (Phi) is 5.44. The molecule has 0 spiro atoms. The number of nitrogens with zero attached hydrogens (tertiary/aromatic N) is 1. The summed E-state index contributed by atoms with van der Waals surface area (Å²) < 4.78 is 1.26. The van der Waals surface area contributed by atoms with Crippen LogP contribution < -0.4 is 0 Å². The first-order valence-corrected chi connectivity index (χ1v) is 16.1. The van der Waals surface area contributed by atoms with Crippen molar-refractivity contribution in [2.75, 3.05) is 6.54 Å². The Hall–Kier alpha value is 0.0687. The molecule has 0 aromatic heterocycles. The minimum atomic E-state index is -1.71. The molecule has 0 fully saturated rings. The second-order valence-corrected chi connectivity index (χ2v) is 22.3. The second-order valence-electron chi connectivity index (χ2n) is 6.27. The molecule has 3 nitrogen and oxygen atoms in total. The summed E-state index contributed by atoms with van der Waals surface area (Å²) >= 11 is -1.71. The van der Waals surface area contributed by atoms with Crippen molar-refractivity contribution < 1.29 is 9.90 Å². The molecule has 90 valence electrons. The average Bonchev–Trinajstić information content (AvgIpc) is 1.92. The monoisotopic (exact) mass is 323 g/mol. The van der Waals surface area contributed by atoms with Crippen LogP contribution in [0.15, 0.2) is 0 Å². The molecule has 0 bridgehead atoms. The molecule has 0 radical (unpaired) electrons. The standard InChI is InChI=1S/C8H16NO2.3CH3.Sn/c1-5-6-9(7(10)11)8(2,3)4;;;;/h1,5-6H2,2-4H3,(H,10,11);3*1H3;. The van der Waals surface area contributed by atoms with E-state index in [4.69, 9.17) is 5.11 Å². The quantitative estimate of drug-likeness (QED) is 0.805. The van der Waals surface area contributed by atoms with E-state index in [2.05, 4.69) is 14.8 Å². The van der Waals surface area contributed by atoms with Crippen molar-refractivity contribution in [3.8, 4) is 0 Å². The zero-order valence-corrected chi connectivity index (χ0v) is 13.8. The van der Waals surface area contributed by atoms with Gasteiger partial charge in [0, 0.05) is 0 Å². The fourth-order valence-corrected chi connectivity index (χ4v) is 4.96. The number of carboxylic acid groups (broad SMARTS) is 1. The van der Waals surface area contributed by atoms with Crippen molar-refractivity contribution in [2.24, 2.45) is 0 Å². The van der Waals surface area contributed by atoms with Crippen LogP contribution in [-0.2, 0) is 0 Å². The Morgan fingerprint density at radius 1 is 1.27 bits per heavy atom. The molecule has 0 rings (SSSR count). The van der Waals surface area contributed by atoms with Crippen molar-refractivity contribution >= 4 is 24.5 Å². The summed E-state index contributed by atoms with van der Waals surface area (Å²) in [5.41, 5.74) is -0.279. The fourth-order valence-electron chi connectivity index (χ4n) is 1.49. The number of hydrogen-bond donors (Lipinski definition) is 1. The molecule has 1 amide bonds. The van der Waals surface area contributed by atoms with E-state index < -0.39 is 24.5 Å². The molecule has 0 aromatic rings. The summed E-state index contributed by atoms with van der Waals surface area (Å²) in [7, 11) is 0. The first kappa shape index (κ1) is 15.1. The summed E-state index contributed by atoms with van der Waals surface area (Å²) in [5, 5.41) is 9.08. The van der Waals surface area contributed by atoms with E-state index in [1.165, 1.54) is 4.44 Å². The molecular formula is C11H25NO2Sn. The summed E-state index contributed by atoms with van der Waals surface area (Å²) in [6, 6.07) is 0. The Balaban J connectivity index is 4.17. The Morgan fingerprint density at radius 2 is 1.73 bits per heavy atom. The Bertz CT molecular complexity index is 216. The van der Waals surface area contributed by atoms with Crippen LogP contribution in [0.1, 0.15) is 27.2 Å². The van der Waals surface area contributed by atoms with Gasteiger partial charge in [0.15, 0.2) is 0 Å². The van der Waals surface area contributed by atoms with Gasteiger partial charge in [-0.3, -0.25) is 0 Å². The minimum absolute atomic E-state index is 0.279. The van der Waals surface area contributed by atoms with E-state index in [0.29, 0.717) is 6.54 Å². The van der Waals surface area contributed by atoms with Crippen LogP contribution in [0.4, 0.5) is 4.79 Å². The number of carbonyl (C=O) groups is 1. The van der Waals surface area contributed by atoms with Gasteiger partial charge in [0.1, 0.15) is 0 Å². The summed E-state index contributed by atoms with van der Waals surface area (Å²) in [4.78, 5) is 19.7. The molecular weight excluding hydrogens is 297 g/mol. The van der Waals surface area contributed by atoms with Crippen molar-refractivity contribution in [1.82, 2.24) is 4.90 Å². The van der Waals surface area contributed by atoms with Gasteiger partial charge in [-0.1, -0.05) is 0 Å². The topological polar surface area (TPSA) is 40.5 Å². The molecule has 0 unspecified atom stereocenters. The summed E-state index contributed by atoms with van der Waals surface area (Å²) in [5.74, 6) is 0. The Labute approximate surface area is 97.7 Å².